The van der Waals surface area contributed by atoms with E-state index in [1.165, 1.54) is 10.5 Å². The van der Waals surface area contributed by atoms with Gasteiger partial charge in [-0.15, -0.1) is 11.8 Å². The predicted molar refractivity (Wildman–Crippen MR) is 77.0 cm³/mol. The lowest BCUT2D eigenvalue weighted by Crippen LogP contribution is -2.38. The van der Waals surface area contributed by atoms with Gasteiger partial charge in [-0.05, 0) is 31.4 Å². The second kappa shape index (κ2) is 6.28. The van der Waals surface area contributed by atoms with Gasteiger partial charge in [0.1, 0.15) is 0 Å². The average molecular weight is 263 g/mol. The van der Waals surface area contributed by atoms with Crippen LogP contribution in [0.2, 0.25) is 0 Å². The van der Waals surface area contributed by atoms with Crippen LogP contribution in [0.15, 0.2) is 29.2 Å². The molecule has 0 N–H and O–H groups in total. The second-order valence-electron chi connectivity index (χ2n) is 4.69. The van der Waals surface area contributed by atoms with Crippen LogP contribution >= 0.6 is 11.8 Å². The third kappa shape index (κ3) is 2.89. The lowest BCUT2D eigenvalue weighted by molar-refractivity contribution is -0.130. The highest BCUT2D eigenvalue weighted by atomic mass is 32.2. The molecule has 0 spiro atoms. The van der Waals surface area contributed by atoms with Crippen molar-refractivity contribution in [1.29, 1.82) is 0 Å². The van der Waals surface area contributed by atoms with E-state index in [2.05, 4.69) is 32.0 Å². The minimum Gasteiger partial charge on any atom is -0.342 e. The van der Waals surface area contributed by atoms with Crippen molar-refractivity contribution >= 4 is 17.7 Å². The molecular weight excluding hydrogens is 242 g/mol. The monoisotopic (exact) mass is 263 g/mol. The van der Waals surface area contributed by atoms with Crippen LogP contribution in [0.4, 0.5) is 0 Å². The van der Waals surface area contributed by atoms with Crippen LogP contribution in [0, 0.1) is 0 Å². The molecule has 0 fully saturated rings. The first kappa shape index (κ1) is 13.5. The number of hydrogen-bond donors (Lipinski definition) is 0. The first-order valence-electron chi connectivity index (χ1n) is 6.79. The normalized spacial score (nSPS) is 17.6. The smallest absolute Gasteiger partial charge is 0.236 e. The van der Waals surface area contributed by atoms with E-state index >= 15 is 0 Å². The number of carbonyl (C=O) groups is 1. The molecule has 1 atom stereocenters. The van der Waals surface area contributed by atoms with Gasteiger partial charge in [-0.3, -0.25) is 4.79 Å². The number of thioether (sulfide) groups is 1. The Hall–Kier alpha value is -0.960. The van der Waals surface area contributed by atoms with E-state index in [-0.39, 0.29) is 5.25 Å². The maximum atomic E-state index is 12.5. The standard InChI is InChI=1S/C15H21NOS/c1-3-5-10-16(4-2)15(17)14-11-12-8-6-7-9-13(12)18-14/h6-9,14H,3-5,10-11H2,1-2H3. The highest BCUT2D eigenvalue weighted by molar-refractivity contribution is 8.01. The van der Waals surface area contributed by atoms with Crippen molar-refractivity contribution in [3.63, 3.8) is 0 Å². The van der Waals surface area contributed by atoms with Crippen molar-refractivity contribution in [3.05, 3.63) is 29.8 Å². The molecule has 0 aliphatic carbocycles. The Morgan fingerprint density at radius 3 is 2.83 bits per heavy atom. The Morgan fingerprint density at radius 1 is 1.39 bits per heavy atom. The molecule has 1 aromatic rings. The summed E-state index contributed by atoms with van der Waals surface area (Å²) in [5.41, 5.74) is 1.33. The summed E-state index contributed by atoms with van der Waals surface area (Å²) in [4.78, 5) is 15.7. The Labute approximate surface area is 114 Å². The minimum atomic E-state index is 0.0965. The summed E-state index contributed by atoms with van der Waals surface area (Å²) in [5, 5.41) is 0.0965. The summed E-state index contributed by atoms with van der Waals surface area (Å²) < 4.78 is 0. The lowest BCUT2D eigenvalue weighted by atomic mass is 10.1. The zero-order valence-corrected chi connectivity index (χ0v) is 12.0. The number of unbranched alkanes of at least 4 members (excludes halogenated alkanes) is 1. The van der Waals surface area contributed by atoms with E-state index in [9.17, 15) is 4.79 Å². The van der Waals surface area contributed by atoms with Gasteiger partial charge in [0.25, 0.3) is 0 Å². The largest absolute Gasteiger partial charge is 0.342 e. The molecule has 1 aromatic carbocycles. The van der Waals surface area contributed by atoms with E-state index in [1.54, 1.807) is 11.8 Å². The number of hydrogen-bond acceptors (Lipinski definition) is 2. The number of benzene rings is 1. The fourth-order valence-electron chi connectivity index (χ4n) is 2.30. The van der Waals surface area contributed by atoms with Crippen LogP contribution in [0.1, 0.15) is 32.3 Å². The van der Waals surface area contributed by atoms with Gasteiger partial charge in [-0.2, -0.15) is 0 Å². The molecule has 2 rings (SSSR count). The SMILES string of the molecule is CCCCN(CC)C(=O)C1Cc2ccccc2S1. The van der Waals surface area contributed by atoms with Gasteiger partial charge in [0.05, 0.1) is 5.25 Å². The summed E-state index contributed by atoms with van der Waals surface area (Å²) in [6.45, 7) is 5.96. The summed E-state index contributed by atoms with van der Waals surface area (Å²) in [6.07, 6.45) is 3.13. The summed E-state index contributed by atoms with van der Waals surface area (Å²) in [6, 6.07) is 8.36. The van der Waals surface area contributed by atoms with E-state index in [4.69, 9.17) is 0 Å². The molecule has 0 bridgehead atoms. The number of carbonyl (C=O) groups excluding carboxylic acids is 1. The molecule has 0 saturated heterocycles. The Balaban J connectivity index is 1.99. The molecule has 0 saturated carbocycles. The summed E-state index contributed by atoms with van der Waals surface area (Å²) in [5.74, 6) is 0.312. The first-order valence-corrected chi connectivity index (χ1v) is 7.67. The van der Waals surface area contributed by atoms with Crippen LogP contribution < -0.4 is 0 Å². The first-order chi connectivity index (χ1) is 8.76. The topological polar surface area (TPSA) is 20.3 Å². The summed E-state index contributed by atoms with van der Waals surface area (Å²) >= 11 is 1.73. The molecule has 1 aliphatic rings. The van der Waals surface area contributed by atoms with Gasteiger partial charge < -0.3 is 4.90 Å². The number of amides is 1. The zero-order chi connectivity index (χ0) is 13.0. The van der Waals surface area contributed by atoms with Crippen molar-refractivity contribution in [2.45, 2.75) is 43.3 Å². The predicted octanol–water partition coefficient (Wildman–Crippen LogP) is 3.35. The van der Waals surface area contributed by atoms with Gasteiger partial charge in [0, 0.05) is 18.0 Å². The van der Waals surface area contributed by atoms with Crippen molar-refractivity contribution in [2.75, 3.05) is 13.1 Å². The highest BCUT2D eigenvalue weighted by Crippen LogP contribution is 2.37. The molecular formula is C15H21NOS. The number of fused-ring (bicyclic) bond motifs is 1. The minimum absolute atomic E-state index is 0.0965. The van der Waals surface area contributed by atoms with Crippen LogP contribution in [0.5, 0.6) is 0 Å². The quantitative estimate of drug-likeness (QED) is 0.812. The molecule has 2 nitrogen and oxygen atoms in total. The van der Waals surface area contributed by atoms with Crippen LogP contribution in [0.3, 0.4) is 0 Å². The van der Waals surface area contributed by atoms with Gasteiger partial charge in [-0.1, -0.05) is 31.5 Å². The second-order valence-corrected chi connectivity index (χ2v) is 5.93. The third-order valence-electron chi connectivity index (χ3n) is 3.40. The van der Waals surface area contributed by atoms with Crippen LogP contribution in [-0.2, 0) is 11.2 Å². The van der Waals surface area contributed by atoms with Gasteiger partial charge in [0.15, 0.2) is 0 Å². The lowest BCUT2D eigenvalue weighted by Gasteiger charge is -2.23. The molecule has 98 valence electrons. The van der Waals surface area contributed by atoms with Crippen molar-refractivity contribution in [1.82, 2.24) is 4.90 Å². The molecule has 18 heavy (non-hydrogen) atoms. The molecule has 0 radical (unpaired) electrons. The van der Waals surface area contributed by atoms with Crippen molar-refractivity contribution in [3.8, 4) is 0 Å². The van der Waals surface area contributed by atoms with Crippen molar-refractivity contribution < 1.29 is 4.79 Å². The number of nitrogens with zero attached hydrogens (tertiary/aromatic N) is 1. The molecule has 1 amide bonds. The van der Waals surface area contributed by atoms with Crippen molar-refractivity contribution in [2.24, 2.45) is 0 Å². The van der Waals surface area contributed by atoms with E-state index in [0.717, 1.165) is 32.4 Å². The Bertz CT molecular complexity index is 394. The summed E-state index contributed by atoms with van der Waals surface area (Å²) in [7, 11) is 0. The van der Waals surface area contributed by atoms with Gasteiger partial charge in [0.2, 0.25) is 5.91 Å². The maximum Gasteiger partial charge on any atom is 0.236 e. The zero-order valence-electron chi connectivity index (χ0n) is 11.2. The van der Waals surface area contributed by atoms with E-state index in [1.807, 2.05) is 11.0 Å². The molecule has 3 heteroatoms. The van der Waals surface area contributed by atoms with Gasteiger partial charge >= 0.3 is 0 Å². The van der Waals surface area contributed by atoms with Crippen LogP contribution in [0.25, 0.3) is 0 Å². The van der Waals surface area contributed by atoms with Crippen LogP contribution in [-0.4, -0.2) is 29.1 Å². The molecule has 1 unspecified atom stereocenters. The maximum absolute atomic E-state index is 12.5. The molecule has 1 aliphatic heterocycles. The number of rotatable bonds is 5. The van der Waals surface area contributed by atoms with Gasteiger partial charge in [-0.25, -0.2) is 0 Å². The Kier molecular flexibility index (Phi) is 4.70. The molecule has 1 heterocycles. The van der Waals surface area contributed by atoms with E-state index < -0.39 is 0 Å². The Morgan fingerprint density at radius 2 is 2.17 bits per heavy atom. The fraction of sp³-hybridized carbons (Fsp3) is 0.533. The fourth-order valence-corrected chi connectivity index (χ4v) is 3.58. The molecule has 0 aromatic heterocycles. The average Bonchev–Trinajstić information content (AvgIpc) is 2.83. The highest BCUT2D eigenvalue weighted by Gasteiger charge is 2.30. The van der Waals surface area contributed by atoms with E-state index in [0.29, 0.717) is 5.91 Å². The third-order valence-corrected chi connectivity index (χ3v) is 4.70.